The van der Waals surface area contributed by atoms with E-state index in [0.717, 1.165) is 18.8 Å². The van der Waals surface area contributed by atoms with Crippen molar-refractivity contribution in [3.8, 4) is 0 Å². The van der Waals surface area contributed by atoms with Gasteiger partial charge in [-0.2, -0.15) is 5.10 Å². The lowest BCUT2D eigenvalue weighted by molar-refractivity contribution is -0.154. The van der Waals surface area contributed by atoms with Crippen molar-refractivity contribution >= 4 is 29.2 Å². The summed E-state index contributed by atoms with van der Waals surface area (Å²) in [5.74, 6) is -1.11. The van der Waals surface area contributed by atoms with Gasteiger partial charge in [-0.3, -0.25) is 9.59 Å². The van der Waals surface area contributed by atoms with E-state index < -0.39 is 12.1 Å². The summed E-state index contributed by atoms with van der Waals surface area (Å²) in [5, 5.41) is 3.69. The van der Waals surface area contributed by atoms with E-state index in [0.29, 0.717) is 13.1 Å². The average molecular weight is 358 g/mol. The largest absolute Gasteiger partial charge is 0.448 e. The van der Waals surface area contributed by atoms with Crippen LogP contribution in [0.3, 0.4) is 0 Å². The van der Waals surface area contributed by atoms with Crippen LogP contribution in [0.25, 0.3) is 0 Å². The summed E-state index contributed by atoms with van der Waals surface area (Å²) in [6.45, 7) is 4.18. The predicted molar refractivity (Wildman–Crippen MR) is 95.6 cm³/mol. The number of carbonyl (C=O) groups excluding carboxylic acids is 3. The SMILES string of the molecule is C[C@H](OC(=O)C1=NNC(=O)CC1)C(=O)N1CCN(c2ccccc2)CC1. The lowest BCUT2D eigenvalue weighted by Crippen LogP contribution is -2.52. The summed E-state index contributed by atoms with van der Waals surface area (Å²) in [6, 6.07) is 10.0. The Kier molecular flexibility index (Phi) is 5.50. The molecule has 0 aliphatic carbocycles. The summed E-state index contributed by atoms with van der Waals surface area (Å²) in [5.41, 5.74) is 3.52. The van der Waals surface area contributed by atoms with Crippen LogP contribution in [0.4, 0.5) is 5.69 Å². The highest BCUT2D eigenvalue weighted by molar-refractivity contribution is 6.37. The van der Waals surface area contributed by atoms with E-state index in [4.69, 9.17) is 4.74 Å². The molecule has 2 amide bonds. The number of nitrogens with one attached hydrogen (secondary N) is 1. The maximum atomic E-state index is 12.5. The van der Waals surface area contributed by atoms with E-state index in [1.807, 2.05) is 30.3 Å². The van der Waals surface area contributed by atoms with Crippen LogP contribution in [0.5, 0.6) is 0 Å². The van der Waals surface area contributed by atoms with Crippen molar-refractivity contribution in [3.63, 3.8) is 0 Å². The lowest BCUT2D eigenvalue weighted by atomic mass is 10.2. The molecule has 2 aliphatic rings. The molecule has 1 N–H and O–H groups in total. The third-order valence-electron chi connectivity index (χ3n) is 4.48. The first-order valence-corrected chi connectivity index (χ1v) is 8.70. The zero-order chi connectivity index (χ0) is 18.5. The fourth-order valence-corrected chi connectivity index (χ4v) is 2.98. The number of carbonyl (C=O) groups is 3. The number of hydrazone groups is 1. The highest BCUT2D eigenvalue weighted by Crippen LogP contribution is 2.16. The van der Waals surface area contributed by atoms with E-state index >= 15 is 0 Å². The standard InChI is InChI=1S/C18H22N4O4/c1-13(26-18(25)15-7-8-16(23)20-19-15)17(24)22-11-9-21(10-12-22)14-5-3-2-4-6-14/h2-6,13H,7-12H2,1H3,(H,20,23)/t13-/m0/s1. The van der Waals surface area contributed by atoms with Crippen LogP contribution in [-0.4, -0.2) is 60.7 Å². The number of anilines is 1. The first-order chi connectivity index (χ1) is 12.5. The van der Waals surface area contributed by atoms with Crippen LogP contribution in [0.1, 0.15) is 19.8 Å². The second-order valence-electron chi connectivity index (χ2n) is 6.29. The molecular formula is C18H22N4O4. The summed E-state index contributed by atoms with van der Waals surface area (Å²) in [7, 11) is 0. The molecule has 138 valence electrons. The Hall–Kier alpha value is -2.90. The van der Waals surface area contributed by atoms with Crippen molar-refractivity contribution in [1.29, 1.82) is 0 Å². The number of hydrogen-bond donors (Lipinski definition) is 1. The van der Waals surface area contributed by atoms with E-state index in [1.165, 1.54) is 0 Å². The lowest BCUT2D eigenvalue weighted by Gasteiger charge is -2.37. The van der Waals surface area contributed by atoms with Crippen LogP contribution in [-0.2, 0) is 19.1 Å². The predicted octanol–water partition coefficient (Wildman–Crippen LogP) is 0.533. The fraction of sp³-hybridized carbons (Fsp3) is 0.444. The van der Waals surface area contributed by atoms with Crippen molar-refractivity contribution in [2.24, 2.45) is 5.10 Å². The number of amides is 2. The molecule has 0 radical (unpaired) electrons. The van der Waals surface area contributed by atoms with Gasteiger partial charge >= 0.3 is 5.97 Å². The monoisotopic (exact) mass is 358 g/mol. The van der Waals surface area contributed by atoms with E-state index in [-0.39, 0.29) is 30.4 Å². The molecule has 8 heteroatoms. The van der Waals surface area contributed by atoms with Crippen LogP contribution >= 0.6 is 0 Å². The van der Waals surface area contributed by atoms with Crippen LogP contribution in [0.15, 0.2) is 35.4 Å². The molecule has 1 saturated heterocycles. The molecule has 0 bridgehead atoms. The van der Waals surface area contributed by atoms with E-state index in [9.17, 15) is 14.4 Å². The molecule has 1 aromatic rings. The Morgan fingerprint density at radius 2 is 1.81 bits per heavy atom. The van der Waals surface area contributed by atoms with E-state index in [2.05, 4.69) is 15.4 Å². The molecule has 0 aromatic heterocycles. The average Bonchev–Trinajstić information content (AvgIpc) is 2.68. The van der Waals surface area contributed by atoms with Gasteiger partial charge in [0.15, 0.2) is 6.10 Å². The molecule has 1 aromatic carbocycles. The number of para-hydroxylation sites is 1. The molecule has 3 rings (SSSR count). The summed E-state index contributed by atoms with van der Waals surface area (Å²) < 4.78 is 5.23. The third-order valence-corrected chi connectivity index (χ3v) is 4.48. The molecule has 2 aliphatic heterocycles. The minimum absolute atomic E-state index is 0.137. The Balaban J connectivity index is 1.50. The Labute approximate surface area is 151 Å². The van der Waals surface area contributed by atoms with Gasteiger partial charge in [0.05, 0.1) is 0 Å². The maximum absolute atomic E-state index is 12.5. The van der Waals surface area contributed by atoms with Gasteiger partial charge in [-0.25, -0.2) is 10.2 Å². The number of ether oxygens (including phenoxy) is 1. The molecule has 0 unspecified atom stereocenters. The number of benzene rings is 1. The number of piperazine rings is 1. The van der Waals surface area contributed by atoms with Crippen molar-refractivity contribution in [2.45, 2.75) is 25.9 Å². The Morgan fingerprint density at radius 1 is 1.12 bits per heavy atom. The van der Waals surface area contributed by atoms with Gasteiger partial charge in [0.1, 0.15) is 5.71 Å². The molecule has 1 fully saturated rings. The van der Waals surface area contributed by atoms with Gasteiger partial charge in [0, 0.05) is 44.7 Å². The number of hydrogen-bond acceptors (Lipinski definition) is 6. The zero-order valence-electron chi connectivity index (χ0n) is 14.7. The smallest absolute Gasteiger partial charge is 0.355 e. The fourth-order valence-electron chi connectivity index (χ4n) is 2.98. The maximum Gasteiger partial charge on any atom is 0.355 e. The Bertz CT molecular complexity index is 711. The van der Waals surface area contributed by atoms with Crippen molar-refractivity contribution in [2.75, 3.05) is 31.1 Å². The van der Waals surface area contributed by atoms with Crippen molar-refractivity contribution < 1.29 is 19.1 Å². The molecule has 0 spiro atoms. The van der Waals surface area contributed by atoms with Crippen LogP contribution < -0.4 is 10.3 Å². The topological polar surface area (TPSA) is 91.3 Å². The summed E-state index contributed by atoms with van der Waals surface area (Å²) in [4.78, 5) is 39.6. The highest BCUT2D eigenvalue weighted by atomic mass is 16.5. The van der Waals surface area contributed by atoms with Gasteiger partial charge in [-0.05, 0) is 19.1 Å². The molecule has 0 saturated carbocycles. The summed E-state index contributed by atoms with van der Waals surface area (Å²) in [6.07, 6.45) is -0.468. The molecule has 8 nitrogen and oxygen atoms in total. The number of rotatable bonds is 4. The molecule has 26 heavy (non-hydrogen) atoms. The number of nitrogens with zero attached hydrogens (tertiary/aromatic N) is 3. The first kappa shape index (κ1) is 17.9. The van der Waals surface area contributed by atoms with Gasteiger partial charge < -0.3 is 14.5 Å². The third kappa shape index (κ3) is 4.19. The van der Waals surface area contributed by atoms with Gasteiger partial charge in [0.2, 0.25) is 5.91 Å². The normalized spacial score (nSPS) is 18.7. The van der Waals surface area contributed by atoms with E-state index in [1.54, 1.807) is 11.8 Å². The number of esters is 1. The van der Waals surface area contributed by atoms with Gasteiger partial charge in [-0.1, -0.05) is 18.2 Å². The van der Waals surface area contributed by atoms with Crippen LogP contribution in [0.2, 0.25) is 0 Å². The minimum Gasteiger partial charge on any atom is -0.448 e. The Morgan fingerprint density at radius 3 is 2.42 bits per heavy atom. The second kappa shape index (κ2) is 7.99. The van der Waals surface area contributed by atoms with Gasteiger partial charge in [-0.15, -0.1) is 0 Å². The van der Waals surface area contributed by atoms with Crippen molar-refractivity contribution in [1.82, 2.24) is 10.3 Å². The summed E-state index contributed by atoms with van der Waals surface area (Å²) >= 11 is 0. The quantitative estimate of drug-likeness (QED) is 0.793. The molecular weight excluding hydrogens is 336 g/mol. The minimum atomic E-state index is -0.883. The highest BCUT2D eigenvalue weighted by Gasteiger charge is 2.29. The zero-order valence-corrected chi connectivity index (χ0v) is 14.7. The van der Waals surface area contributed by atoms with Crippen molar-refractivity contribution in [3.05, 3.63) is 30.3 Å². The van der Waals surface area contributed by atoms with Gasteiger partial charge in [0.25, 0.3) is 5.91 Å². The molecule has 1 atom stereocenters. The van der Waals surface area contributed by atoms with Crippen LogP contribution in [0, 0.1) is 0 Å². The first-order valence-electron chi connectivity index (χ1n) is 8.70. The molecule has 2 heterocycles. The second-order valence-corrected chi connectivity index (χ2v) is 6.29.